The molecule has 2 aromatic heterocycles. The molecular formula is C19H14Cl2N4OS. The van der Waals surface area contributed by atoms with Crippen molar-refractivity contribution in [2.45, 2.75) is 17.1 Å². The Hall–Kier alpha value is -2.28. The second-order valence-electron chi connectivity index (χ2n) is 5.87. The minimum atomic E-state index is 0.00427. The van der Waals surface area contributed by atoms with Crippen molar-refractivity contribution in [3.05, 3.63) is 81.7 Å². The molecule has 0 unspecified atom stereocenters. The third-order valence-electron chi connectivity index (χ3n) is 3.86. The van der Waals surface area contributed by atoms with Crippen molar-refractivity contribution in [3.63, 3.8) is 0 Å². The summed E-state index contributed by atoms with van der Waals surface area (Å²) < 4.78 is 1.35. The molecule has 0 fully saturated rings. The Kier molecular flexibility index (Phi) is 5.20. The Morgan fingerprint density at radius 2 is 1.81 bits per heavy atom. The van der Waals surface area contributed by atoms with E-state index < -0.39 is 0 Å². The molecule has 1 N–H and O–H groups in total. The molecule has 0 bridgehead atoms. The molecule has 0 aliphatic heterocycles. The molecule has 4 rings (SSSR count). The van der Waals surface area contributed by atoms with Gasteiger partial charge in [0.05, 0.1) is 10.7 Å². The smallest absolute Gasteiger partial charge is 0.255 e. The fraction of sp³-hybridized carbons (Fsp3) is 0.105. The summed E-state index contributed by atoms with van der Waals surface area (Å²) in [7, 11) is 0. The van der Waals surface area contributed by atoms with E-state index >= 15 is 0 Å². The number of aromatic hydroxyl groups is 1. The second-order valence-corrected chi connectivity index (χ2v) is 7.73. The van der Waals surface area contributed by atoms with Gasteiger partial charge in [-0.2, -0.15) is 9.50 Å². The van der Waals surface area contributed by atoms with Crippen LogP contribution < -0.4 is 0 Å². The standard InChI is InChI=1S/C19H14Cl2N4OS/c20-13-6-7-16(15(21)9-13)27-11-14-10-18(26)25-19(22-14)23-17(24-25)8-12-4-2-1-3-5-12/h1-7,9-10,26H,8,11H2. The van der Waals surface area contributed by atoms with Gasteiger partial charge >= 0.3 is 0 Å². The minimum Gasteiger partial charge on any atom is -0.493 e. The molecule has 0 saturated carbocycles. The highest BCUT2D eigenvalue weighted by atomic mass is 35.5. The van der Waals surface area contributed by atoms with Gasteiger partial charge in [-0.1, -0.05) is 53.5 Å². The molecule has 27 heavy (non-hydrogen) atoms. The third kappa shape index (κ3) is 4.18. The number of rotatable bonds is 5. The van der Waals surface area contributed by atoms with Gasteiger partial charge in [-0.05, 0) is 23.8 Å². The van der Waals surface area contributed by atoms with Crippen LogP contribution in [0.4, 0.5) is 0 Å². The summed E-state index contributed by atoms with van der Waals surface area (Å²) >= 11 is 13.6. The van der Waals surface area contributed by atoms with Crippen molar-refractivity contribution in [1.82, 2.24) is 19.6 Å². The number of benzene rings is 2. The largest absolute Gasteiger partial charge is 0.493 e. The van der Waals surface area contributed by atoms with Gasteiger partial charge < -0.3 is 5.11 Å². The molecular weight excluding hydrogens is 403 g/mol. The maximum Gasteiger partial charge on any atom is 0.255 e. The molecule has 136 valence electrons. The summed E-state index contributed by atoms with van der Waals surface area (Å²) in [5.74, 6) is 1.52. The van der Waals surface area contributed by atoms with Crippen molar-refractivity contribution in [3.8, 4) is 5.88 Å². The summed E-state index contributed by atoms with van der Waals surface area (Å²) in [6, 6.07) is 16.9. The fourth-order valence-electron chi connectivity index (χ4n) is 2.61. The van der Waals surface area contributed by atoms with Crippen LogP contribution in [0, 0.1) is 0 Å². The van der Waals surface area contributed by atoms with Gasteiger partial charge in [0.15, 0.2) is 5.82 Å². The quantitative estimate of drug-likeness (QED) is 0.462. The van der Waals surface area contributed by atoms with Crippen LogP contribution in [0.15, 0.2) is 59.5 Å². The van der Waals surface area contributed by atoms with Crippen molar-refractivity contribution < 1.29 is 5.11 Å². The molecule has 5 nitrogen and oxygen atoms in total. The van der Waals surface area contributed by atoms with E-state index in [1.54, 1.807) is 18.2 Å². The minimum absolute atomic E-state index is 0.00427. The summed E-state index contributed by atoms with van der Waals surface area (Å²) in [6.45, 7) is 0. The average Bonchev–Trinajstić information content (AvgIpc) is 3.05. The zero-order chi connectivity index (χ0) is 18.8. The van der Waals surface area contributed by atoms with Crippen LogP contribution >= 0.6 is 35.0 Å². The van der Waals surface area contributed by atoms with Gasteiger partial charge in [0.2, 0.25) is 5.88 Å². The Morgan fingerprint density at radius 3 is 2.59 bits per heavy atom. The molecule has 8 heteroatoms. The van der Waals surface area contributed by atoms with E-state index in [0.29, 0.717) is 39.5 Å². The molecule has 0 radical (unpaired) electrons. The lowest BCUT2D eigenvalue weighted by Gasteiger charge is -2.05. The molecule has 0 amide bonds. The van der Waals surface area contributed by atoms with Crippen LogP contribution in [0.3, 0.4) is 0 Å². The van der Waals surface area contributed by atoms with Crippen LogP contribution in [0.2, 0.25) is 10.0 Å². The summed E-state index contributed by atoms with van der Waals surface area (Å²) in [4.78, 5) is 9.84. The highest BCUT2D eigenvalue weighted by Gasteiger charge is 2.12. The van der Waals surface area contributed by atoms with E-state index in [4.69, 9.17) is 23.2 Å². The van der Waals surface area contributed by atoms with E-state index in [9.17, 15) is 5.11 Å². The lowest BCUT2D eigenvalue weighted by Crippen LogP contribution is -1.96. The van der Waals surface area contributed by atoms with Crippen molar-refractivity contribution in [2.24, 2.45) is 0 Å². The first-order valence-corrected chi connectivity index (χ1v) is 9.89. The van der Waals surface area contributed by atoms with E-state index in [-0.39, 0.29) is 5.88 Å². The van der Waals surface area contributed by atoms with Crippen LogP contribution in [0.1, 0.15) is 17.1 Å². The van der Waals surface area contributed by atoms with E-state index in [2.05, 4.69) is 15.1 Å². The number of hydrogen-bond donors (Lipinski definition) is 1. The van der Waals surface area contributed by atoms with Crippen molar-refractivity contribution in [2.75, 3.05) is 0 Å². The summed E-state index contributed by atoms with van der Waals surface area (Å²) in [5.41, 5.74) is 1.79. The van der Waals surface area contributed by atoms with Gasteiger partial charge in [0.25, 0.3) is 5.78 Å². The first-order chi connectivity index (χ1) is 13.1. The van der Waals surface area contributed by atoms with Gasteiger partial charge in [0.1, 0.15) is 0 Å². The maximum absolute atomic E-state index is 10.3. The first-order valence-electron chi connectivity index (χ1n) is 8.15. The Bertz CT molecular complexity index is 1100. The van der Waals surface area contributed by atoms with Gasteiger partial charge in [-0.25, -0.2) is 4.98 Å². The topological polar surface area (TPSA) is 63.3 Å². The molecule has 0 spiro atoms. The Morgan fingerprint density at radius 1 is 1.00 bits per heavy atom. The molecule has 2 aromatic carbocycles. The van der Waals surface area contributed by atoms with Crippen LogP contribution in [0.25, 0.3) is 5.78 Å². The predicted octanol–water partition coefficient (Wildman–Crippen LogP) is 5.02. The molecule has 0 saturated heterocycles. The van der Waals surface area contributed by atoms with E-state index in [0.717, 1.165) is 10.5 Å². The molecule has 4 aromatic rings. The number of aromatic nitrogens is 4. The van der Waals surface area contributed by atoms with Crippen LogP contribution in [0.5, 0.6) is 5.88 Å². The first kappa shape index (κ1) is 18.1. The number of halogens is 2. The normalized spacial score (nSPS) is 11.2. The highest BCUT2D eigenvalue weighted by Crippen LogP contribution is 2.32. The third-order valence-corrected chi connectivity index (χ3v) is 5.63. The van der Waals surface area contributed by atoms with Crippen molar-refractivity contribution in [1.29, 1.82) is 0 Å². The Balaban J connectivity index is 1.55. The molecule has 2 heterocycles. The van der Waals surface area contributed by atoms with E-state index in [1.807, 2.05) is 36.4 Å². The lowest BCUT2D eigenvalue weighted by molar-refractivity contribution is 0.434. The Labute approximate surface area is 170 Å². The van der Waals surface area contributed by atoms with Gasteiger partial charge in [0, 0.05) is 28.2 Å². The second kappa shape index (κ2) is 7.76. The van der Waals surface area contributed by atoms with E-state index in [1.165, 1.54) is 16.3 Å². The zero-order valence-electron chi connectivity index (χ0n) is 14.0. The van der Waals surface area contributed by atoms with Crippen LogP contribution in [-0.2, 0) is 12.2 Å². The molecule has 0 aliphatic carbocycles. The molecule has 0 atom stereocenters. The summed E-state index contributed by atoms with van der Waals surface area (Å²) in [5, 5.41) is 15.8. The number of hydrogen-bond acceptors (Lipinski definition) is 5. The number of fused-ring (bicyclic) bond motifs is 1. The monoisotopic (exact) mass is 416 g/mol. The van der Waals surface area contributed by atoms with Gasteiger partial charge in [-0.15, -0.1) is 16.9 Å². The number of nitrogens with zero attached hydrogens (tertiary/aromatic N) is 4. The predicted molar refractivity (Wildman–Crippen MR) is 108 cm³/mol. The maximum atomic E-state index is 10.3. The lowest BCUT2D eigenvalue weighted by atomic mass is 10.1. The summed E-state index contributed by atoms with van der Waals surface area (Å²) in [6.07, 6.45) is 0.577. The van der Waals surface area contributed by atoms with Crippen molar-refractivity contribution >= 4 is 40.7 Å². The number of thioether (sulfide) groups is 1. The fourth-order valence-corrected chi connectivity index (χ4v) is 4.00. The van der Waals surface area contributed by atoms with Crippen LogP contribution in [-0.4, -0.2) is 24.7 Å². The average molecular weight is 417 g/mol. The van der Waals surface area contributed by atoms with Gasteiger partial charge in [-0.3, -0.25) is 0 Å². The molecule has 0 aliphatic rings. The SMILES string of the molecule is Oc1cc(CSc2ccc(Cl)cc2Cl)nc2nc(Cc3ccccc3)nn12. The zero-order valence-corrected chi connectivity index (χ0v) is 16.3. The highest BCUT2D eigenvalue weighted by molar-refractivity contribution is 7.98.